The average Bonchev–Trinajstić information content (AvgIpc) is 3.47. The van der Waals surface area contributed by atoms with Crippen LogP contribution in [0, 0.1) is 0 Å². The predicted octanol–water partition coefficient (Wildman–Crippen LogP) is 3.32. The van der Waals surface area contributed by atoms with E-state index in [1.807, 2.05) is 48.7 Å². The van der Waals surface area contributed by atoms with Gasteiger partial charge in [0.25, 0.3) is 0 Å². The van der Waals surface area contributed by atoms with Crippen molar-refractivity contribution >= 4 is 51.0 Å². The minimum atomic E-state index is -0.252. The van der Waals surface area contributed by atoms with Crippen molar-refractivity contribution in [2.75, 3.05) is 23.3 Å². The molecule has 11 heteroatoms. The van der Waals surface area contributed by atoms with E-state index in [0.717, 1.165) is 46.5 Å². The number of anilines is 4. The summed E-state index contributed by atoms with van der Waals surface area (Å²) in [7, 11) is 0. The number of H-pyrrole nitrogens is 3. The number of unbranched alkanes of at least 4 members (excludes halogenated alkanes) is 1. The lowest BCUT2D eigenvalue weighted by molar-refractivity contribution is -0.118. The normalized spacial score (nSPS) is 11.1. The van der Waals surface area contributed by atoms with Crippen LogP contribution in [0.3, 0.4) is 0 Å². The molecule has 35 heavy (non-hydrogen) atoms. The number of aromatic nitrogens is 6. The number of aromatic amines is 3. The van der Waals surface area contributed by atoms with Crippen LogP contribution in [0.25, 0.3) is 21.9 Å². The van der Waals surface area contributed by atoms with E-state index in [1.54, 1.807) is 6.20 Å². The fourth-order valence-electron chi connectivity index (χ4n) is 4.00. The lowest BCUT2D eigenvalue weighted by atomic mass is 10.2. The van der Waals surface area contributed by atoms with E-state index in [4.69, 9.17) is 4.98 Å². The molecule has 178 valence electrons. The van der Waals surface area contributed by atoms with Crippen LogP contribution in [0.2, 0.25) is 0 Å². The third-order valence-electron chi connectivity index (χ3n) is 5.62. The van der Waals surface area contributed by atoms with Gasteiger partial charge >= 0.3 is 5.69 Å². The molecular formula is C24H25N9O2. The summed E-state index contributed by atoms with van der Waals surface area (Å²) < 4.78 is 0. The van der Waals surface area contributed by atoms with E-state index >= 15 is 0 Å². The second-order valence-corrected chi connectivity index (χ2v) is 8.15. The largest absolute Gasteiger partial charge is 0.356 e. The maximum Gasteiger partial charge on any atom is 0.323 e. The molecule has 0 bridgehead atoms. The van der Waals surface area contributed by atoms with Crippen LogP contribution in [-0.4, -0.2) is 49.1 Å². The van der Waals surface area contributed by atoms with Crippen LogP contribution in [0.1, 0.15) is 19.8 Å². The molecule has 5 rings (SSSR count). The summed E-state index contributed by atoms with van der Waals surface area (Å²) in [4.78, 5) is 39.5. The van der Waals surface area contributed by atoms with E-state index in [9.17, 15) is 9.59 Å². The zero-order chi connectivity index (χ0) is 24.2. The molecule has 5 aromatic rings. The maximum atomic E-state index is 11.6. The minimum absolute atomic E-state index is 0.0292. The van der Waals surface area contributed by atoms with Crippen molar-refractivity contribution in [1.29, 1.82) is 0 Å². The first kappa shape index (κ1) is 22.1. The van der Waals surface area contributed by atoms with E-state index in [2.05, 4.69) is 40.7 Å². The molecule has 0 aliphatic heterocycles. The topological polar surface area (TPSA) is 147 Å². The molecular weight excluding hydrogens is 446 g/mol. The van der Waals surface area contributed by atoms with E-state index in [0.29, 0.717) is 24.6 Å². The molecule has 0 saturated carbocycles. The van der Waals surface area contributed by atoms with Crippen LogP contribution in [0.15, 0.2) is 59.7 Å². The molecule has 0 aliphatic rings. The number of benzene rings is 2. The van der Waals surface area contributed by atoms with Gasteiger partial charge in [-0.3, -0.25) is 9.89 Å². The van der Waals surface area contributed by atoms with Crippen molar-refractivity contribution in [3.63, 3.8) is 0 Å². The molecule has 0 aliphatic carbocycles. The second kappa shape index (κ2) is 9.67. The van der Waals surface area contributed by atoms with Crippen LogP contribution in [-0.2, 0) is 4.79 Å². The first-order chi connectivity index (χ1) is 17.1. The summed E-state index contributed by atoms with van der Waals surface area (Å²) in [5, 5.41) is 14.3. The number of rotatable bonds is 9. The van der Waals surface area contributed by atoms with Gasteiger partial charge in [-0.1, -0.05) is 6.07 Å². The molecule has 0 fully saturated rings. The molecule has 3 aromatic heterocycles. The van der Waals surface area contributed by atoms with Crippen molar-refractivity contribution in [3.05, 3.63) is 65.3 Å². The summed E-state index contributed by atoms with van der Waals surface area (Å²) in [6, 6.07) is 13.4. The Bertz CT molecular complexity index is 1530. The monoisotopic (exact) mass is 471 g/mol. The standard InChI is InChI=1S/C24H25N9O2/c1-15(34)25-10-2-3-12-33(21-6-4-5-18-17(21)14-27-32-18)22-9-11-26-23(31-22)28-16-7-8-19-20(13-16)30-24(35)29-19/h4-9,11,13-14H,2-3,10,12H2,1H3,(H,25,34)(H,27,32)(H,26,28,31)(H2,29,30,35). The number of nitrogens with zero attached hydrogens (tertiary/aromatic N) is 4. The Hall–Kier alpha value is -4.67. The van der Waals surface area contributed by atoms with E-state index in [-0.39, 0.29) is 11.6 Å². The van der Waals surface area contributed by atoms with Gasteiger partial charge < -0.3 is 25.5 Å². The van der Waals surface area contributed by atoms with Gasteiger partial charge in [0.2, 0.25) is 11.9 Å². The summed E-state index contributed by atoms with van der Waals surface area (Å²) >= 11 is 0. The summed E-state index contributed by atoms with van der Waals surface area (Å²) in [6.07, 6.45) is 5.20. The van der Waals surface area contributed by atoms with Crippen molar-refractivity contribution < 1.29 is 4.79 Å². The van der Waals surface area contributed by atoms with Crippen molar-refractivity contribution in [1.82, 2.24) is 35.5 Å². The Morgan fingerprint density at radius 1 is 1.06 bits per heavy atom. The number of carbonyl (C=O) groups excluding carboxylic acids is 1. The third kappa shape index (κ3) is 4.98. The number of amides is 1. The zero-order valence-electron chi connectivity index (χ0n) is 19.1. The number of fused-ring (bicyclic) bond motifs is 2. The second-order valence-electron chi connectivity index (χ2n) is 8.15. The van der Waals surface area contributed by atoms with Crippen molar-refractivity contribution in [3.8, 4) is 0 Å². The van der Waals surface area contributed by atoms with Gasteiger partial charge in [0.05, 0.1) is 28.4 Å². The third-order valence-corrected chi connectivity index (χ3v) is 5.62. The van der Waals surface area contributed by atoms with Crippen LogP contribution in [0.4, 0.5) is 23.1 Å². The Balaban J connectivity index is 1.42. The highest BCUT2D eigenvalue weighted by atomic mass is 16.1. The molecule has 0 atom stereocenters. The van der Waals surface area contributed by atoms with Crippen LogP contribution in [0.5, 0.6) is 0 Å². The van der Waals surface area contributed by atoms with Crippen LogP contribution >= 0.6 is 0 Å². The minimum Gasteiger partial charge on any atom is -0.356 e. The molecule has 0 saturated heterocycles. The maximum absolute atomic E-state index is 11.6. The Kier molecular flexibility index (Phi) is 6.12. The first-order valence-electron chi connectivity index (χ1n) is 11.3. The number of imidazole rings is 1. The van der Waals surface area contributed by atoms with Crippen molar-refractivity contribution in [2.45, 2.75) is 19.8 Å². The quantitative estimate of drug-likeness (QED) is 0.207. The lowest BCUT2D eigenvalue weighted by Gasteiger charge is -2.25. The van der Waals surface area contributed by atoms with Gasteiger partial charge in [-0.15, -0.1) is 0 Å². The summed E-state index contributed by atoms with van der Waals surface area (Å²) in [5.74, 6) is 1.13. The average molecular weight is 472 g/mol. The molecule has 0 spiro atoms. The highest BCUT2D eigenvalue weighted by Crippen LogP contribution is 2.31. The smallest absolute Gasteiger partial charge is 0.323 e. The van der Waals surface area contributed by atoms with Gasteiger partial charge in [-0.05, 0) is 49.2 Å². The number of hydrogen-bond donors (Lipinski definition) is 5. The van der Waals surface area contributed by atoms with E-state index in [1.165, 1.54) is 6.92 Å². The molecule has 0 radical (unpaired) electrons. The fourth-order valence-corrected chi connectivity index (χ4v) is 4.00. The molecule has 5 N–H and O–H groups in total. The number of carbonyl (C=O) groups is 1. The number of nitrogens with one attached hydrogen (secondary N) is 5. The predicted molar refractivity (Wildman–Crippen MR) is 135 cm³/mol. The highest BCUT2D eigenvalue weighted by Gasteiger charge is 2.16. The van der Waals surface area contributed by atoms with E-state index < -0.39 is 0 Å². The fraction of sp³-hybridized carbons (Fsp3) is 0.208. The number of hydrogen-bond acceptors (Lipinski definition) is 7. The SMILES string of the molecule is CC(=O)NCCCCN(c1ccnc(Nc2ccc3[nH]c(=O)[nH]c3c2)n1)c1cccc2[nH]ncc12. The zero-order valence-corrected chi connectivity index (χ0v) is 19.1. The van der Waals surface area contributed by atoms with Gasteiger partial charge in [-0.2, -0.15) is 10.1 Å². The van der Waals surface area contributed by atoms with Gasteiger partial charge in [0.15, 0.2) is 0 Å². The van der Waals surface area contributed by atoms with Crippen molar-refractivity contribution in [2.24, 2.45) is 0 Å². The Morgan fingerprint density at radius 3 is 2.83 bits per heavy atom. The molecule has 3 heterocycles. The lowest BCUT2D eigenvalue weighted by Crippen LogP contribution is -2.24. The Labute approximate surface area is 200 Å². The summed E-state index contributed by atoms with van der Waals surface area (Å²) in [5.41, 5.74) is 3.85. The molecule has 1 amide bonds. The van der Waals surface area contributed by atoms with Gasteiger partial charge in [0.1, 0.15) is 5.82 Å². The Morgan fingerprint density at radius 2 is 1.94 bits per heavy atom. The van der Waals surface area contributed by atoms with Crippen LogP contribution < -0.4 is 21.2 Å². The molecule has 11 nitrogen and oxygen atoms in total. The van der Waals surface area contributed by atoms with Gasteiger partial charge in [-0.25, -0.2) is 9.78 Å². The first-order valence-corrected chi connectivity index (χ1v) is 11.3. The highest BCUT2D eigenvalue weighted by molar-refractivity contribution is 5.93. The van der Waals surface area contributed by atoms with Gasteiger partial charge in [0, 0.05) is 37.3 Å². The summed E-state index contributed by atoms with van der Waals surface area (Å²) in [6.45, 7) is 2.84. The molecule has 2 aromatic carbocycles. The molecule has 0 unspecified atom stereocenters.